The van der Waals surface area contributed by atoms with Gasteiger partial charge in [-0.25, -0.2) is 8.42 Å². The second-order valence-electron chi connectivity index (χ2n) is 6.07. The Balaban J connectivity index is 1.71. The van der Waals surface area contributed by atoms with Gasteiger partial charge in [0.25, 0.3) is 0 Å². The number of aryl methyl sites for hydroxylation is 2. The Hall–Kier alpha value is -1.17. The van der Waals surface area contributed by atoms with Gasteiger partial charge < -0.3 is 0 Å². The zero-order valence-corrected chi connectivity index (χ0v) is 14.0. The molecule has 0 spiro atoms. The molecule has 0 N–H and O–H groups in total. The van der Waals surface area contributed by atoms with E-state index in [9.17, 15) is 8.42 Å². The quantitative estimate of drug-likeness (QED) is 0.857. The van der Waals surface area contributed by atoms with Gasteiger partial charge in [0, 0.05) is 11.4 Å². The molecule has 2 heterocycles. The third kappa shape index (κ3) is 2.32. The van der Waals surface area contributed by atoms with Gasteiger partial charge in [-0.15, -0.1) is 11.3 Å². The van der Waals surface area contributed by atoms with Crippen LogP contribution in [0.1, 0.15) is 41.3 Å². The van der Waals surface area contributed by atoms with Gasteiger partial charge >= 0.3 is 0 Å². The summed E-state index contributed by atoms with van der Waals surface area (Å²) in [6, 6.07) is 9.76. The first-order chi connectivity index (χ1) is 10.7. The van der Waals surface area contributed by atoms with Gasteiger partial charge in [0.2, 0.25) is 10.0 Å². The molecule has 1 atom stereocenters. The van der Waals surface area contributed by atoms with Gasteiger partial charge in [0.05, 0.1) is 10.9 Å². The van der Waals surface area contributed by atoms with Crippen molar-refractivity contribution >= 4 is 21.4 Å². The molecular weight excluding hydrogens is 314 g/mol. The molecule has 4 rings (SSSR count). The summed E-state index contributed by atoms with van der Waals surface area (Å²) >= 11 is 1.65. The Bertz CT molecular complexity index is 781. The maximum Gasteiger partial charge on any atom is 0.243 e. The summed E-state index contributed by atoms with van der Waals surface area (Å²) < 4.78 is 27.8. The minimum Gasteiger partial charge on any atom is -0.207 e. The number of benzene rings is 1. The fourth-order valence-electron chi connectivity index (χ4n) is 3.64. The highest BCUT2D eigenvalue weighted by molar-refractivity contribution is 7.89. The molecular formula is C17H19NO2S2. The minimum absolute atomic E-state index is 0.0123. The maximum atomic E-state index is 13.1. The molecule has 0 amide bonds. The van der Waals surface area contributed by atoms with Crippen LogP contribution in [0.3, 0.4) is 0 Å². The Labute approximate surface area is 135 Å². The summed E-state index contributed by atoms with van der Waals surface area (Å²) in [5.41, 5.74) is 2.53. The highest BCUT2D eigenvalue weighted by Gasteiger charge is 2.36. The maximum absolute atomic E-state index is 13.1. The van der Waals surface area contributed by atoms with Crippen LogP contribution >= 0.6 is 11.3 Å². The number of hydrogen-bond donors (Lipinski definition) is 0. The van der Waals surface area contributed by atoms with E-state index >= 15 is 0 Å². The monoisotopic (exact) mass is 333 g/mol. The van der Waals surface area contributed by atoms with Crippen LogP contribution in [-0.4, -0.2) is 19.3 Å². The third-order valence-corrected chi connectivity index (χ3v) is 7.63. The average Bonchev–Trinajstić information content (AvgIpc) is 3.25. The molecule has 1 aliphatic heterocycles. The highest BCUT2D eigenvalue weighted by Crippen LogP contribution is 2.39. The van der Waals surface area contributed by atoms with Crippen LogP contribution in [0.2, 0.25) is 0 Å². The lowest BCUT2D eigenvalue weighted by atomic mass is 10.1. The smallest absolute Gasteiger partial charge is 0.207 e. The lowest BCUT2D eigenvalue weighted by Crippen LogP contribution is -2.30. The molecule has 1 saturated heterocycles. The lowest BCUT2D eigenvalue weighted by molar-refractivity contribution is 0.401. The number of sulfonamides is 1. The molecule has 116 valence electrons. The first-order valence-corrected chi connectivity index (χ1v) is 10.2. The predicted octanol–water partition coefficient (Wildman–Crippen LogP) is 3.76. The first-order valence-electron chi connectivity index (χ1n) is 7.83. The lowest BCUT2D eigenvalue weighted by Gasteiger charge is -2.23. The number of rotatable bonds is 3. The van der Waals surface area contributed by atoms with E-state index in [1.807, 2.05) is 29.6 Å². The van der Waals surface area contributed by atoms with E-state index in [2.05, 4.69) is 0 Å². The molecule has 2 aliphatic rings. The van der Waals surface area contributed by atoms with Crippen LogP contribution in [0.25, 0.3) is 0 Å². The van der Waals surface area contributed by atoms with E-state index in [-0.39, 0.29) is 6.04 Å². The Morgan fingerprint density at radius 3 is 2.77 bits per heavy atom. The van der Waals surface area contributed by atoms with Crippen LogP contribution in [0.5, 0.6) is 0 Å². The van der Waals surface area contributed by atoms with Crippen LogP contribution in [0.15, 0.2) is 40.6 Å². The minimum atomic E-state index is -3.40. The summed E-state index contributed by atoms with van der Waals surface area (Å²) in [5.74, 6) is 0. The van der Waals surface area contributed by atoms with Crippen molar-refractivity contribution in [3.63, 3.8) is 0 Å². The standard InChI is InChI=1S/C17H19NO2S2/c19-22(20,15-9-8-13-4-1-5-14(13)12-15)18-10-2-6-16(18)17-7-3-11-21-17/h3,7-9,11-12,16H,1-2,4-6,10H2. The average molecular weight is 333 g/mol. The van der Waals surface area contributed by atoms with Crippen molar-refractivity contribution in [2.45, 2.75) is 43.0 Å². The summed E-state index contributed by atoms with van der Waals surface area (Å²) in [4.78, 5) is 1.62. The van der Waals surface area contributed by atoms with E-state index in [1.54, 1.807) is 21.7 Å². The van der Waals surface area contributed by atoms with Gasteiger partial charge in [-0.3, -0.25) is 0 Å². The summed E-state index contributed by atoms with van der Waals surface area (Å²) in [5, 5.41) is 2.02. The number of thiophene rings is 1. The molecule has 1 aromatic heterocycles. The summed E-state index contributed by atoms with van der Waals surface area (Å²) in [6.45, 7) is 0.627. The van der Waals surface area contributed by atoms with Gasteiger partial charge in [-0.2, -0.15) is 4.31 Å². The zero-order valence-electron chi connectivity index (χ0n) is 12.4. The van der Waals surface area contributed by atoms with Crippen molar-refractivity contribution in [1.29, 1.82) is 0 Å². The van der Waals surface area contributed by atoms with Crippen molar-refractivity contribution in [1.82, 2.24) is 4.31 Å². The Kier molecular flexibility index (Phi) is 3.59. The third-order valence-electron chi connectivity index (χ3n) is 4.75. The van der Waals surface area contributed by atoms with Crippen molar-refractivity contribution in [3.8, 4) is 0 Å². The second kappa shape index (κ2) is 5.48. The van der Waals surface area contributed by atoms with Crippen molar-refractivity contribution in [2.75, 3.05) is 6.54 Å². The molecule has 22 heavy (non-hydrogen) atoms. The topological polar surface area (TPSA) is 37.4 Å². The second-order valence-corrected chi connectivity index (χ2v) is 8.94. The molecule has 3 nitrogen and oxygen atoms in total. The van der Waals surface area contributed by atoms with Gasteiger partial charge in [-0.05, 0) is 66.8 Å². The molecule has 1 aromatic carbocycles. The largest absolute Gasteiger partial charge is 0.243 e. The van der Waals surface area contributed by atoms with Crippen molar-refractivity contribution < 1.29 is 8.42 Å². The van der Waals surface area contributed by atoms with Gasteiger partial charge in [-0.1, -0.05) is 12.1 Å². The van der Waals surface area contributed by atoms with E-state index in [1.165, 1.54) is 11.1 Å². The van der Waals surface area contributed by atoms with Crippen LogP contribution in [-0.2, 0) is 22.9 Å². The molecule has 0 saturated carbocycles. The van der Waals surface area contributed by atoms with E-state index in [0.717, 1.165) is 37.0 Å². The van der Waals surface area contributed by atoms with Crippen molar-refractivity contribution in [3.05, 3.63) is 51.7 Å². The van der Waals surface area contributed by atoms with E-state index in [0.29, 0.717) is 11.4 Å². The van der Waals surface area contributed by atoms with E-state index < -0.39 is 10.0 Å². The van der Waals surface area contributed by atoms with Crippen LogP contribution < -0.4 is 0 Å². The SMILES string of the molecule is O=S(=O)(c1ccc2c(c1)CCC2)N1CCCC1c1cccs1. The molecule has 0 bridgehead atoms. The Morgan fingerprint density at radius 1 is 1.09 bits per heavy atom. The molecule has 5 heteroatoms. The molecule has 1 unspecified atom stereocenters. The number of fused-ring (bicyclic) bond motifs is 1. The Morgan fingerprint density at radius 2 is 1.95 bits per heavy atom. The van der Waals surface area contributed by atoms with E-state index in [4.69, 9.17) is 0 Å². The first kappa shape index (κ1) is 14.4. The fraction of sp³-hybridized carbons (Fsp3) is 0.412. The van der Waals surface area contributed by atoms with Gasteiger partial charge in [0.15, 0.2) is 0 Å². The summed E-state index contributed by atoms with van der Waals surface area (Å²) in [6.07, 6.45) is 5.09. The molecule has 2 aromatic rings. The normalized spacial score (nSPS) is 22.1. The van der Waals surface area contributed by atoms with Crippen LogP contribution in [0, 0.1) is 0 Å². The highest BCUT2D eigenvalue weighted by atomic mass is 32.2. The fourth-order valence-corrected chi connectivity index (χ4v) is 6.30. The summed E-state index contributed by atoms with van der Waals surface area (Å²) in [7, 11) is -3.40. The predicted molar refractivity (Wildman–Crippen MR) is 88.7 cm³/mol. The number of nitrogens with zero attached hydrogens (tertiary/aromatic N) is 1. The van der Waals surface area contributed by atoms with Crippen molar-refractivity contribution in [2.24, 2.45) is 0 Å². The number of hydrogen-bond acceptors (Lipinski definition) is 3. The molecule has 1 fully saturated rings. The van der Waals surface area contributed by atoms with Gasteiger partial charge in [0.1, 0.15) is 0 Å². The molecule has 1 aliphatic carbocycles. The zero-order chi connectivity index (χ0) is 15.2. The molecule has 0 radical (unpaired) electrons. The van der Waals surface area contributed by atoms with Crippen LogP contribution in [0.4, 0.5) is 0 Å².